The lowest BCUT2D eigenvalue weighted by Crippen LogP contribution is -2.24. The van der Waals surface area contributed by atoms with Crippen LogP contribution in [0.2, 0.25) is 0 Å². The minimum atomic E-state index is -0.957. The molecule has 0 atom stereocenters. The normalized spacial score (nSPS) is 10.8. The maximum absolute atomic E-state index is 13.2. The van der Waals surface area contributed by atoms with Crippen molar-refractivity contribution >= 4 is 5.91 Å². The fourth-order valence-electron chi connectivity index (χ4n) is 1.33. The van der Waals surface area contributed by atoms with Gasteiger partial charge in [-0.25, -0.2) is 13.2 Å². The average molecular weight is 243 g/mol. The van der Waals surface area contributed by atoms with Crippen molar-refractivity contribution in [3.8, 4) is 0 Å². The van der Waals surface area contributed by atoms with E-state index in [0.717, 1.165) is 0 Å². The Kier molecular flexibility index (Phi) is 4.75. The molecule has 0 fully saturated rings. The first-order valence-electron chi connectivity index (χ1n) is 5.08. The Balaban J connectivity index is 2.61. The molecule has 0 radical (unpaired) electrons. The summed E-state index contributed by atoms with van der Waals surface area (Å²) in [6.45, 7) is 1.77. The molecule has 1 N–H and O–H groups in total. The molecule has 0 saturated carbocycles. The second kappa shape index (κ2) is 6.08. The van der Waals surface area contributed by atoms with Gasteiger partial charge in [0.2, 0.25) is 5.91 Å². The summed E-state index contributed by atoms with van der Waals surface area (Å²) in [6.07, 6.45) is 2.83. The number of benzene rings is 1. The molecule has 17 heavy (non-hydrogen) atoms. The third-order valence-electron chi connectivity index (χ3n) is 2.10. The Morgan fingerprint density at radius 2 is 1.88 bits per heavy atom. The first-order chi connectivity index (χ1) is 8.04. The van der Waals surface area contributed by atoms with Crippen molar-refractivity contribution in [1.29, 1.82) is 0 Å². The van der Waals surface area contributed by atoms with Crippen LogP contribution in [-0.4, -0.2) is 12.5 Å². The summed E-state index contributed by atoms with van der Waals surface area (Å²) in [5.74, 6) is -3.18. The lowest BCUT2D eigenvalue weighted by Gasteiger charge is -2.05. The zero-order valence-corrected chi connectivity index (χ0v) is 9.27. The molecule has 0 saturated heterocycles. The number of allylic oxidation sites excluding steroid dienone is 1. The van der Waals surface area contributed by atoms with Crippen molar-refractivity contribution < 1.29 is 18.0 Å². The molecular formula is C12H12F3NO. The molecule has 1 amide bonds. The van der Waals surface area contributed by atoms with E-state index < -0.39 is 17.5 Å². The number of hydrogen-bond donors (Lipinski definition) is 1. The minimum Gasteiger partial charge on any atom is -0.352 e. The topological polar surface area (TPSA) is 29.1 Å². The van der Waals surface area contributed by atoms with Crippen LogP contribution in [-0.2, 0) is 11.2 Å². The molecule has 0 unspecified atom stereocenters. The van der Waals surface area contributed by atoms with Gasteiger partial charge in [0.15, 0.2) is 0 Å². The van der Waals surface area contributed by atoms with Crippen LogP contribution in [0.4, 0.5) is 13.2 Å². The Labute approximate surface area is 97.1 Å². The standard InChI is InChI=1S/C12H12F3NO/c1-2-3-12(17)16-5-4-9-10(14)6-8(13)7-11(9)15/h2-3,6-7H,4-5H2,1H3,(H,16,17)/b3-2+. The van der Waals surface area contributed by atoms with Gasteiger partial charge < -0.3 is 5.32 Å². The van der Waals surface area contributed by atoms with Gasteiger partial charge in [-0.1, -0.05) is 6.08 Å². The molecule has 0 aliphatic rings. The molecule has 0 heterocycles. The van der Waals surface area contributed by atoms with Crippen LogP contribution in [0, 0.1) is 17.5 Å². The second-order valence-electron chi connectivity index (χ2n) is 3.39. The summed E-state index contributed by atoms with van der Waals surface area (Å²) in [6, 6.07) is 1.23. The van der Waals surface area contributed by atoms with Gasteiger partial charge in [0.25, 0.3) is 0 Å². The van der Waals surface area contributed by atoms with E-state index >= 15 is 0 Å². The Morgan fingerprint density at radius 3 is 2.41 bits per heavy atom. The summed E-state index contributed by atoms with van der Waals surface area (Å²) < 4.78 is 39.0. The number of amides is 1. The monoisotopic (exact) mass is 243 g/mol. The number of carbonyl (C=O) groups excluding carboxylic acids is 1. The van der Waals surface area contributed by atoms with Gasteiger partial charge in [0, 0.05) is 24.2 Å². The highest BCUT2D eigenvalue weighted by Crippen LogP contribution is 2.14. The van der Waals surface area contributed by atoms with Crippen molar-refractivity contribution in [2.24, 2.45) is 0 Å². The highest BCUT2D eigenvalue weighted by molar-refractivity contribution is 5.87. The van der Waals surface area contributed by atoms with E-state index in [0.29, 0.717) is 12.1 Å². The maximum atomic E-state index is 13.2. The molecule has 5 heteroatoms. The zero-order valence-electron chi connectivity index (χ0n) is 9.27. The quantitative estimate of drug-likeness (QED) is 0.808. The van der Waals surface area contributed by atoms with Crippen LogP contribution in [0.15, 0.2) is 24.3 Å². The van der Waals surface area contributed by atoms with Crippen molar-refractivity contribution in [2.45, 2.75) is 13.3 Å². The van der Waals surface area contributed by atoms with Crippen LogP contribution in [0.1, 0.15) is 12.5 Å². The summed E-state index contributed by atoms with van der Waals surface area (Å²) >= 11 is 0. The van der Waals surface area contributed by atoms with Crippen LogP contribution < -0.4 is 5.32 Å². The van der Waals surface area contributed by atoms with E-state index in [4.69, 9.17) is 0 Å². The highest BCUT2D eigenvalue weighted by Gasteiger charge is 2.11. The smallest absolute Gasteiger partial charge is 0.243 e. The largest absolute Gasteiger partial charge is 0.352 e. The number of nitrogens with one attached hydrogen (secondary N) is 1. The predicted molar refractivity (Wildman–Crippen MR) is 57.8 cm³/mol. The third-order valence-corrected chi connectivity index (χ3v) is 2.10. The van der Waals surface area contributed by atoms with E-state index in [9.17, 15) is 18.0 Å². The summed E-state index contributed by atoms with van der Waals surface area (Å²) in [5, 5.41) is 2.45. The lowest BCUT2D eigenvalue weighted by atomic mass is 10.1. The van der Waals surface area contributed by atoms with Crippen molar-refractivity contribution in [3.63, 3.8) is 0 Å². The molecule has 0 spiro atoms. The average Bonchev–Trinajstić information content (AvgIpc) is 2.22. The van der Waals surface area contributed by atoms with Crippen molar-refractivity contribution in [3.05, 3.63) is 47.3 Å². The van der Waals surface area contributed by atoms with Gasteiger partial charge in [0.1, 0.15) is 17.5 Å². The minimum absolute atomic E-state index is 0.0265. The van der Waals surface area contributed by atoms with Crippen LogP contribution in [0.25, 0.3) is 0 Å². The fourth-order valence-corrected chi connectivity index (χ4v) is 1.33. The van der Waals surface area contributed by atoms with Gasteiger partial charge in [-0.2, -0.15) is 0 Å². The maximum Gasteiger partial charge on any atom is 0.243 e. The molecule has 1 aromatic carbocycles. The molecule has 1 rings (SSSR count). The number of rotatable bonds is 4. The van der Waals surface area contributed by atoms with E-state index in [1.165, 1.54) is 6.08 Å². The molecule has 2 nitrogen and oxygen atoms in total. The first kappa shape index (κ1) is 13.3. The summed E-state index contributed by atoms with van der Waals surface area (Å²) in [7, 11) is 0. The van der Waals surface area contributed by atoms with Gasteiger partial charge in [-0.05, 0) is 19.4 Å². The van der Waals surface area contributed by atoms with Gasteiger partial charge in [-0.15, -0.1) is 0 Å². The summed E-state index contributed by atoms with van der Waals surface area (Å²) in [5.41, 5.74) is -0.229. The Hall–Kier alpha value is -1.78. The molecule has 1 aromatic rings. The SMILES string of the molecule is C/C=C/C(=O)NCCc1c(F)cc(F)cc1F. The second-order valence-corrected chi connectivity index (χ2v) is 3.39. The molecular weight excluding hydrogens is 231 g/mol. The van der Waals surface area contributed by atoms with E-state index in [2.05, 4.69) is 5.32 Å². The van der Waals surface area contributed by atoms with Crippen LogP contribution in [0.5, 0.6) is 0 Å². The van der Waals surface area contributed by atoms with Gasteiger partial charge in [0.05, 0.1) is 0 Å². The number of hydrogen-bond acceptors (Lipinski definition) is 1. The Bertz CT molecular complexity index is 420. The van der Waals surface area contributed by atoms with Crippen molar-refractivity contribution in [1.82, 2.24) is 5.32 Å². The zero-order chi connectivity index (χ0) is 12.8. The third kappa shape index (κ3) is 3.94. The molecule has 92 valence electrons. The predicted octanol–water partition coefficient (Wildman–Crippen LogP) is 2.34. The fraction of sp³-hybridized carbons (Fsp3) is 0.250. The van der Waals surface area contributed by atoms with E-state index in [1.54, 1.807) is 13.0 Å². The van der Waals surface area contributed by atoms with E-state index in [-0.39, 0.29) is 24.4 Å². The highest BCUT2D eigenvalue weighted by atomic mass is 19.1. The number of halogens is 3. The first-order valence-corrected chi connectivity index (χ1v) is 5.08. The molecule has 0 aliphatic heterocycles. The number of carbonyl (C=O) groups is 1. The molecule has 0 aromatic heterocycles. The summed E-state index contributed by atoms with van der Waals surface area (Å²) in [4.78, 5) is 11.0. The van der Waals surface area contributed by atoms with Crippen LogP contribution in [0.3, 0.4) is 0 Å². The Morgan fingerprint density at radius 1 is 1.29 bits per heavy atom. The van der Waals surface area contributed by atoms with Crippen LogP contribution >= 0.6 is 0 Å². The van der Waals surface area contributed by atoms with E-state index in [1.807, 2.05) is 0 Å². The lowest BCUT2D eigenvalue weighted by molar-refractivity contribution is -0.116. The molecule has 0 bridgehead atoms. The van der Waals surface area contributed by atoms with Gasteiger partial charge in [-0.3, -0.25) is 4.79 Å². The van der Waals surface area contributed by atoms with Gasteiger partial charge >= 0.3 is 0 Å². The van der Waals surface area contributed by atoms with Crippen molar-refractivity contribution in [2.75, 3.05) is 6.54 Å². The molecule has 0 aliphatic carbocycles.